The molecule has 5 nitrogen and oxygen atoms in total. The average molecular weight is 269 g/mol. The summed E-state index contributed by atoms with van der Waals surface area (Å²) in [6.45, 7) is 2.21. The van der Waals surface area contributed by atoms with E-state index in [-0.39, 0.29) is 5.82 Å². The predicted octanol–water partition coefficient (Wildman–Crippen LogP) is 2.23. The van der Waals surface area contributed by atoms with Crippen LogP contribution in [0.4, 0.5) is 4.39 Å². The summed E-state index contributed by atoms with van der Waals surface area (Å²) in [6, 6.07) is 8.57. The highest BCUT2D eigenvalue weighted by atomic mass is 19.1. The Balaban J connectivity index is 1.84. The van der Waals surface area contributed by atoms with Gasteiger partial charge in [-0.05, 0) is 47.5 Å². The molecular formula is C14H12FN5. The highest BCUT2D eigenvalue weighted by Crippen LogP contribution is 2.17. The van der Waals surface area contributed by atoms with E-state index in [2.05, 4.69) is 20.4 Å². The van der Waals surface area contributed by atoms with E-state index < -0.39 is 0 Å². The lowest BCUT2D eigenvalue weighted by Gasteiger charge is -1.99. The Labute approximate surface area is 115 Å². The number of pyridine rings is 1. The number of tetrazole rings is 1. The van der Waals surface area contributed by atoms with E-state index in [1.807, 2.05) is 12.1 Å². The molecule has 3 rings (SSSR count). The van der Waals surface area contributed by atoms with Crippen LogP contribution in [0.3, 0.4) is 0 Å². The Hall–Kier alpha value is -2.63. The van der Waals surface area contributed by atoms with Crippen molar-refractivity contribution in [2.45, 2.75) is 13.5 Å². The molecular weight excluding hydrogens is 257 g/mol. The van der Waals surface area contributed by atoms with E-state index in [1.54, 1.807) is 31.5 Å². The molecule has 0 aliphatic rings. The maximum Gasteiger partial charge on any atom is 0.204 e. The van der Waals surface area contributed by atoms with Crippen molar-refractivity contribution in [3.05, 3.63) is 59.7 Å². The fourth-order valence-corrected chi connectivity index (χ4v) is 1.86. The molecule has 0 aliphatic heterocycles. The maximum absolute atomic E-state index is 13.2. The smallest absolute Gasteiger partial charge is 0.204 e. The van der Waals surface area contributed by atoms with Crippen molar-refractivity contribution in [1.82, 2.24) is 25.2 Å². The normalized spacial score (nSPS) is 10.7. The summed E-state index contributed by atoms with van der Waals surface area (Å²) in [7, 11) is 0. The monoisotopic (exact) mass is 269 g/mol. The Kier molecular flexibility index (Phi) is 3.20. The number of aryl methyl sites for hydroxylation is 1. The van der Waals surface area contributed by atoms with Gasteiger partial charge in [0.25, 0.3) is 0 Å². The van der Waals surface area contributed by atoms with E-state index in [4.69, 9.17) is 0 Å². The topological polar surface area (TPSA) is 56.5 Å². The van der Waals surface area contributed by atoms with Crippen molar-refractivity contribution in [3.8, 4) is 11.4 Å². The molecule has 2 heterocycles. The summed E-state index contributed by atoms with van der Waals surface area (Å²) in [5.41, 5.74) is 2.30. The Bertz CT molecular complexity index is 723. The molecule has 0 amide bonds. The summed E-state index contributed by atoms with van der Waals surface area (Å²) >= 11 is 0. The van der Waals surface area contributed by atoms with E-state index in [1.165, 1.54) is 10.9 Å². The van der Waals surface area contributed by atoms with Crippen LogP contribution in [0.2, 0.25) is 0 Å². The van der Waals surface area contributed by atoms with Crippen LogP contribution < -0.4 is 0 Å². The molecule has 0 aliphatic carbocycles. The van der Waals surface area contributed by atoms with Gasteiger partial charge in [-0.3, -0.25) is 4.98 Å². The second-order valence-corrected chi connectivity index (χ2v) is 4.47. The Morgan fingerprint density at radius 3 is 2.90 bits per heavy atom. The first kappa shape index (κ1) is 12.4. The lowest BCUT2D eigenvalue weighted by molar-refractivity contribution is 0.572. The molecule has 3 aromatic rings. The first-order valence-corrected chi connectivity index (χ1v) is 6.15. The summed E-state index contributed by atoms with van der Waals surface area (Å²) in [4.78, 5) is 5.53. The molecule has 0 unspecified atom stereocenters. The zero-order valence-electron chi connectivity index (χ0n) is 10.9. The van der Waals surface area contributed by atoms with Gasteiger partial charge >= 0.3 is 0 Å². The van der Waals surface area contributed by atoms with Crippen LogP contribution in [0.5, 0.6) is 0 Å². The molecule has 1 aromatic carbocycles. The van der Waals surface area contributed by atoms with Crippen molar-refractivity contribution in [2.24, 2.45) is 0 Å². The number of hydrogen-bond acceptors (Lipinski definition) is 4. The SMILES string of the molecule is Cc1cc(-c2nnn(Cc3cccnc3)n2)ccc1F. The molecule has 0 radical (unpaired) electrons. The van der Waals surface area contributed by atoms with Crippen molar-refractivity contribution >= 4 is 0 Å². The van der Waals surface area contributed by atoms with Crippen LogP contribution in [0.1, 0.15) is 11.1 Å². The quantitative estimate of drug-likeness (QED) is 0.731. The van der Waals surface area contributed by atoms with Crippen LogP contribution in [0, 0.1) is 12.7 Å². The summed E-state index contributed by atoms with van der Waals surface area (Å²) in [5.74, 6) is 0.244. The number of benzene rings is 1. The van der Waals surface area contributed by atoms with Crippen LogP contribution >= 0.6 is 0 Å². The molecule has 20 heavy (non-hydrogen) atoms. The first-order chi connectivity index (χ1) is 9.72. The Morgan fingerprint density at radius 1 is 1.25 bits per heavy atom. The highest BCUT2D eigenvalue weighted by molar-refractivity contribution is 5.55. The lowest BCUT2D eigenvalue weighted by atomic mass is 10.1. The van der Waals surface area contributed by atoms with Gasteiger partial charge in [0.15, 0.2) is 0 Å². The van der Waals surface area contributed by atoms with Gasteiger partial charge < -0.3 is 0 Å². The lowest BCUT2D eigenvalue weighted by Crippen LogP contribution is -2.04. The van der Waals surface area contributed by atoms with Crippen molar-refractivity contribution < 1.29 is 4.39 Å². The fraction of sp³-hybridized carbons (Fsp3) is 0.143. The zero-order valence-corrected chi connectivity index (χ0v) is 10.9. The average Bonchev–Trinajstić information content (AvgIpc) is 2.91. The van der Waals surface area contributed by atoms with Gasteiger partial charge in [0.1, 0.15) is 5.82 Å². The summed E-state index contributed by atoms with van der Waals surface area (Å²) in [6.07, 6.45) is 3.47. The van der Waals surface area contributed by atoms with Crippen molar-refractivity contribution in [2.75, 3.05) is 0 Å². The molecule has 100 valence electrons. The third-order valence-corrected chi connectivity index (χ3v) is 2.92. The number of aromatic nitrogens is 5. The Morgan fingerprint density at radius 2 is 2.15 bits per heavy atom. The molecule has 6 heteroatoms. The molecule has 2 aromatic heterocycles. The second kappa shape index (κ2) is 5.16. The van der Waals surface area contributed by atoms with Gasteiger partial charge in [-0.25, -0.2) is 4.39 Å². The molecule has 0 atom stereocenters. The van der Waals surface area contributed by atoms with Gasteiger partial charge in [-0.2, -0.15) is 4.80 Å². The standard InChI is InChI=1S/C14H12FN5/c1-10-7-12(4-5-13(10)15)14-17-19-20(18-14)9-11-3-2-6-16-8-11/h2-8H,9H2,1H3. The largest absolute Gasteiger partial charge is 0.264 e. The minimum Gasteiger partial charge on any atom is -0.264 e. The van der Waals surface area contributed by atoms with E-state index in [0.717, 1.165) is 11.1 Å². The van der Waals surface area contributed by atoms with Crippen LogP contribution in [-0.2, 0) is 6.54 Å². The highest BCUT2D eigenvalue weighted by Gasteiger charge is 2.08. The number of halogens is 1. The minimum absolute atomic E-state index is 0.239. The van der Waals surface area contributed by atoms with Gasteiger partial charge in [0.05, 0.1) is 6.54 Å². The van der Waals surface area contributed by atoms with Crippen LogP contribution in [-0.4, -0.2) is 25.2 Å². The first-order valence-electron chi connectivity index (χ1n) is 6.15. The van der Waals surface area contributed by atoms with Gasteiger partial charge in [0, 0.05) is 18.0 Å². The van der Waals surface area contributed by atoms with Crippen LogP contribution in [0.25, 0.3) is 11.4 Å². The molecule has 0 spiro atoms. The molecule has 0 bridgehead atoms. The van der Waals surface area contributed by atoms with E-state index in [0.29, 0.717) is 17.9 Å². The van der Waals surface area contributed by atoms with Gasteiger partial charge in [-0.1, -0.05) is 6.07 Å². The summed E-state index contributed by atoms with van der Waals surface area (Å²) < 4.78 is 13.2. The molecule has 0 saturated carbocycles. The van der Waals surface area contributed by atoms with Crippen molar-refractivity contribution in [3.63, 3.8) is 0 Å². The van der Waals surface area contributed by atoms with E-state index >= 15 is 0 Å². The predicted molar refractivity (Wildman–Crippen MR) is 71.3 cm³/mol. The second-order valence-electron chi connectivity index (χ2n) is 4.47. The van der Waals surface area contributed by atoms with Gasteiger partial charge in [0.2, 0.25) is 5.82 Å². The summed E-state index contributed by atoms with van der Waals surface area (Å²) in [5, 5.41) is 12.3. The zero-order chi connectivity index (χ0) is 13.9. The molecule has 0 fully saturated rings. The molecule has 0 saturated heterocycles. The number of hydrogen-bond donors (Lipinski definition) is 0. The number of rotatable bonds is 3. The van der Waals surface area contributed by atoms with Crippen molar-refractivity contribution in [1.29, 1.82) is 0 Å². The minimum atomic E-state index is -0.239. The fourth-order valence-electron chi connectivity index (χ4n) is 1.86. The molecule has 0 N–H and O–H groups in total. The maximum atomic E-state index is 13.2. The van der Waals surface area contributed by atoms with Crippen LogP contribution in [0.15, 0.2) is 42.7 Å². The van der Waals surface area contributed by atoms with E-state index in [9.17, 15) is 4.39 Å². The van der Waals surface area contributed by atoms with Gasteiger partial charge in [-0.15, -0.1) is 10.2 Å². The third-order valence-electron chi connectivity index (χ3n) is 2.92. The number of nitrogens with zero attached hydrogens (tertiary/aromatic N) is 5. The third kappa shape index (κ3) is 2.54.